The van der Waals surface area contributed by atoms with Crippen molar-refractivity contribution < 1.29 is 0 Å². The van der Waals surface area contributed by atoms with E-state index in [1.54, 1.807) is 0 Å². The summed E-state index contributed by atoms with van der Waals surface area (Å²) in [5, 5.41) is 0. The van der Waals surface area contributed by atoms with Crippen molar-refractivity contribution in [1.82, 2.24) is 9.97 Å². The molecular formula is C18H24N4. The molecule has 0 saturated carbocycles. The lowest BCUT2D eigenvalue weighted by Crippen LogP contribution is -2.40. The topological polar surface area (TPSA) is 32.3 Å². The Hall–Kier alpha value is -2.10. The fraction of sp³-hybridized carbons (Fsp3) is 0.444. The predicted octanol–water partition coefficient (Wildman–Crippen LogP) is 4.01. The normalized spacial score (nSPS) is 18.3. The van der Waals surface area contributed by atoms with E-state index in [2.05, 4.69) is 40.9 Å². The summed E-state index contributed by atoms with van der Waals surface area (Å²) in [6.45, 7) is 3.32. The van der Waals surface area contributed by atoms with Crippen LogP contribution >= 0.6 is 0 Å². The van der Waals surface area contributed by atoms with Crippen molar-refractivity contribution in [3.05, 3.63) is 42.6 Å². The van der Waals surface area contributed by atoms with Crippen molar-refractivity contribution in [3.63, 3.8) is 0 Å². The zero-order valence-corrected chi connectivity index (χ0v) is 13.4. The van der Waals surface area contributed by atoms with Crippen molar-refractivity contribution in [2.75, 3.05) is 23.4 Å². The molecule has 0 N–H and O–H groups in total. The molecule has 4 nitrogen and oxygen atoms in total. The summed E-state index contributed by atoms with van der Waals surface area (Å²) in [5.74, 6) is 1.81. The summed E-state index contributed by atoms with van der Waals surface area (Å²) in [7, 11) is 2.05. The molecule has 22 heavy (non-hydrogen) atoms. The van der Waals surface area contributed by atoms with Gasteiger partial charge in [-0.2, -0.15) is 4.98 Å². The van der Waals surface area contributed by atoms with E-state index < -0.39 is 0 Å². The monoisotopic (exact) mass is 296 g/mol. The third-order valence-electron chi connectivity index (χ3n) is 4.47. The van der Waals surface area contributed by atoms with Crippen LogP contribution in [-0.2, 0) is 0 Å². The van der Waals surface area contributed by atoms with Crippen LogP contribution in [0.4, 0.5) is 17.5 Å². The smallest absolute Gasteiger partial charge is 0.227 e. The third-order valence-corrected chi connectivity index (χ3v) is 4.47. The van der Waals surface area contributed by atoms with Gasteiger partial charge in [0.15, 0.2) is 0 Å². The van der Waals surface area contributed by atoms with E-state index in [1.807, 2.05) is 30.5 Å². The minimum atomic E-state index is 0.575. The second kappa shape index (κ2) is 6.77. The fourth-order valence-corrected chi connectivity index (χ4v) is 3.14. The van der Waals surface area contributed by atoms with Gasteiger partial charge >= 0.3 is 0 Å². The molecule has 4 heteroatoms. The number of para-hydroxylation sites is 1. The Morgan fingerprint density at radius 2 is 2.00 bits per heavy atom. The van der Waals surface area contributed by atoms with E-state index in [0.717, 1.165) is 30.4 Å². The summed E-state index contributed by atoms with van der Waals surface area (Å²) in [6.07, 6.45) is 6.83. The fourth-order valence-electron chi connectivity index (χ4n) is 3.14. The molecule has 116 valence electrons. The molecule has 1 fully saturated rings. The van der Waals surface area contributed by atoms with Crippen molar-refractivity contribution >= 4 is 17.5 Å². The maximum atomic E-state index is 4.81. The molecular weight excluding hydrogens is 272 g/mol. The summed E-state index contributed by atoms with van der Waals surface area (Å²) in [5.41, 5.74) is 1.14. The van der Waals surface area contributed by atoms with Gasteiger partial charge in [-0.25, -0.2) is 4.98 Å². The molecule has 1 aliphatic rings. The Morgan fingerprint density at radius 3 is 2.77 bits per heavy atom. The molecule has 1 unspecified atom stereocenters. The maximum absolute atomic E-state index is 4.81. The molecule has 0 aliphatic carbocycles. The first kappa shape index (κ1) is 14.8. The van der Waals surface area contributed by atoms with Gasteiger partial charge in [0.25, 0.3) is 0 Å². The van der Waals surface area contributed by atoms with Gasteiger partial charge in [0.1, 0.15) is 5.82 Å². The number of hydrogen-bond donors (Lipinski definition) is 0. The lowest BCUT2D eigenvalue weighted by Gasteiger charge is -2.35. The Balaban J connectivity index is 1.86. The number of benzene rings is 1. The van der Waals surface area contributed by atoms with Gasteiger partial charge in [-0.05, 0) is 43.9 Å². The van der Waals surface area contributed by atoms with Crippen LogP contribution in [0.5, 0.6) is 0 Å². The molecule has 1 aromatic heterocycles. The lowest BCUT2D eigenvalue weighted by atomic mass is 10.0. The summed E-state index contributed by atoms with van der Waals surface area (Å²) in [6, 6.07) is 12.9. The van der Waals surface area contributed by atoms with Crippen LogP contribution in [0.3, 0.4) is 0 Å². The molecule has 1 aromatic carbocycles. The van der Waals surface area contributed by atoms with Crippen LogP contribution in [0.25, 0.3) is 0 Å². The van der Waals surface area contributed by atoms with Crippen LogP contribution in [0.1, 0.15) is 32.6 Å². The first-order chi connectivity index (χ1) is 10.8. The minimum absolute atomic E-state index is 0.575. The summed E-state index contributed by atoms with van der Waals surface area (Å²) in [4.78, 5) is 13.8. The highest BCUT2D eigenvalue weighted by atomic mass is 15.3. The largest absolute Gasteiger partial charge is 0.338 e. The lowest BCUT2D eigenvalue weighted by molar-refractivity contribution is 0.443. The predicted molar refractivity (Wildman–Crippen MR) is 91.8 cm³/mol. The second-order valence-electron chi connectivity index (χ2n) is 5.86. The first-order valence-electron chi connectivity index (χ1n) is 8.18. The van der Waals surface area contributed by atoms with Gasteiger partial charge in [0.05, 0.1) is 0 Å². The van der Waals surface area contributed by atoms with Crippen molar-refractivity contribution in [2.24, 2.45) is 0 Å². The molecule has 0 spiro atoms. The average Bonchev–Trinajstić information content (AvgIpc) is 2.62. The number of rotatable bonds is 4. The number of aromatic nitrogens is 2. The highest BCUT2D eigenvalue weighted by molar-refractivity contribution is 5.59. The van der Waals surface area contributed by atoms with Crippen LogP contribution in [0, 0.1) is 0 Å². The molecule has 2 heterocycles. The molecule has 0 radical (unpaired) electrons. The number of anilines is 3. The van der Waals surface area contributed by atoms with Crippen LogP contribution < -0.4 is 9.80 Å². The number of piperidine rings is 1. The highest BCUT2D eigenvalue weighted by Crippen LogP contribution is 2.26. The van der Waals surface area contributed by atoms with E-state index in [0.29, 0.717) is 6.04 Å². The highest BCUT2D eigenvalue weighted by Gasteiger charge is 2.23. The standard InChI is InChI=1S/C18H24N4/c1-3-15-9-7-8-14-22(15)18-19-13-12-17(20-18)21(2)16-10-5-4-6-11-16/h4-6,10-13,15H,3,7-9,14H2,1-2H3. The van der Waals surface area contributed by atoms with Crippen molar-refractivity contribution in [3.8, 4) is 0 Å². The zero-order valence-electron chi connectivity index (χ0n) is 13.4. The Kier molecular flexibility index (Phi) is 4.56. The van der Waals surface area contributed by atoms with Crippen LogP contribution in [0.15, 0.2) is 42.6 Å². The Labute approximate surface area is 132 Å². The average molecular weight is 296 g/mol. The second-order valence-corrected chi connectivity index (χ2v) is 5.86. The summed E-state index contributed by atoms with van der Waals surface area (Å²) >= 11 is 0. The Bertz CT molecular complexity index is 599. The van der Waals surface area contributed by atoms with E-state index in [-0.39, 0.29) is 0 Å². The van der Waals surface area contributed by atoms with Gasteiger partial charge in [0, 0.05) is 31.5 Å². The SMILES string of the molecule is CCC1CCCCN1c1nccc(N(C)c2ccccc2)n1. The Morgan fingerprint density at radius 1 is 1.18 bits per heavy atom. The molecule has 1 aliphatic heterocycles. The third kappa shape index (κ3) is 3.06. The zero-order chi connectivity index (χ0) is 15.4. The van der Waals surface area contributed by atoms with Crippen LogP contribution in [0.2, 0.25) is 0 Å². The van der Waals surface area contributed by atoms with Gasteiger partial charge in [-0.15, -0.1) is 0 Å². The van der Waals surface area contributed by atoms with Gasteiger partial charge < -0.3 is 9.80 Å². The quantitative estimate of drug-likeness (QED) is 0.853. The van der Waals surface area contributed by atoms with Gasteiger partial charge in [0.2, 0.25) is 5.95 Å². The summed E-state index contributed by atoms with van der Waals surface area (Å²) < 4.78 is 0. The first-order valence-corrected chi connectivity index (χ1v) is 8.18. The number of nitrogens with zero attached hydrogens (tertiary/aromatic N) is 4. The molecule has 0 amide bonds. The molecule has 1 saturated heterocycles. The van der Waals surface area contributed by atoms with Crippen molar-refractivity contribution in [2.45, 2.75) is 38.6 Å². The van der Waals surface area contributed by atoms with Crippen LogP contribution in [-0.4, -0.2) is 29.6 Å². The number of hydrogen-bond acceptors (Lipinski definition) is 4. The molecule has 1 atom stereocenters. The van der Waals surface area contributed by atoms with E-state index in [9.17, 15) is 0 Å². The molecule has 3 rings (SSSR count). The minimum Gasteiger partial charge on any atom is -0.338 e. The van der Waals surface area contributed by atoms with Gasteiger partial charge in [-0.1, -0.05) is 25.1 Å². The van der Waals surface area contributed by atoms with Gasteiger partial charge in [-0.3, -0.25) is 0 Å². The van der Waals surface area contributed by atoms with E-state index >= 15 is 0 Å². The van der Waals surface area contributed by atoms with E-state index in [4.69, 9.17) is 4.98 Å². The van der Waals surface area contributed by atoms with Crippen molar-refractivity contribution in [1.29, 1.82) is 0 Å². The maximum Gasteiger partial charge on any atom is 0.227 e. The molecule has 0 bridgehead atoms. The van der Waals surface area contributed by atoms with E-state index in [1.165, 1.54) is 19.3 Å². The molecule has 2 aromatic rings.